The maximum absolute atomic E-state index is 12.8. The molecule has 1 aliphatic rings. The Kier molecular flexibility index (Phi) is 10.6. The molecule has 1 aliphatic heterocycles. The molecule has 0 aliphatic carbocycles. The summed E-state index contributed by atoms with van der Waals surface area (Å²) in [4.78, 5) is 14.9. The van der Waals surface area contributed by atoms with Crippen LogP contribution in [0.3, 0.4) is 0 Å². The predicted octanol–water partition coefficient (Wildman–Crippen LogP) is 6.57. The van der Waals surface area contributed by atoms with Gasteiger partial charge in [0.2, 0.25) is 5.43 Å². The highest BCUT2D eigenvalue weighted by Crippen LogP contribution is 2.35. The molecule has 6 nitrogen and oxygen atoms in total. The van der Waals surface area contributed by atoms with E-state index in [4.69, 9.17) is 14.6 Å². The van der Waals surface area contributed by atoms with Crippen LogP contribution in [0.2, 0.25) is 0 Å². The standard InChI is InChI=1S/C30H32N2O3S.CH5N/c1-5-8-21(7-3)24(17-20(4)6-2)28(31)23-11-9-22(10-12-23)25-19-36-30-26(33)18-27(35-29(25)30)32-13-15-34-16-14-32;1-2/h5,7-12,17-20,31H,1,3,6,13-16H2,2,4H3;2H2,1H3/b21-8-,24-17+,31-28?;. The Morgan fingerprint density at radius 3 is 2.50 bits per heavy atom. The molecule has 3 heterocycles. The van der Waals surface area contributed by atoms with Crippen LogP contribution in [0.5, 0.6) is 0 Å². The lowest BCUT2D eigenvalue weighted by Crippen LogP contribution is -2.36. The van der Waals surface area contributed by atoms with E-state index in [0.717, 1.165) is 34.3 Å². The quantitative estimate of drug-likeness (QED) is 0.241. The van der Waals surface area contributed by atoms with Crippen LogP contribution in [0, 0.1) is 11.3 Å². The molecule has 38 heavy (non-hydrogen) atoms. The van der Waals surface area contributed by atoms with E-state index >= 15 is 0 Å². The highest BCUT2D eigenvalue weighted by atomic mass is 32.1. The van der Waals surface area contributed by atoms with Crippen molar-refractivity contribution in [1.82, 2.24) is 0 Å². The van der Waals surface area contributed by atoms with Gasteiger partial charge in [0, 0.05) is 41.2 Å². The van der Waals surface area contributed by atoms with E-state index in [1.54, 1.807) is 18.2 Å². The van der Waals surface area contributed by atoms with E-state index in [-0.39, 0.29) is 5.43 Å². The number of benzene rings is 1. The molecule has 0 amide bonds. The zero-order valence-corrected chi connectivity index (χ0v) is 23.3. The van der Waals surface area contributed by atoms with Crippen molar-refractivity contribution in [2.75, 3.05) is 38.3 Å². The minimum absolute atomic E-state index is 0.0295. The molecule has 200 valence electrons. The normalized spacial score (nSPS) is 15.0. The van der Waals surface area contributed by atoms with Crippen LogP contribution in [0.4, 0.5) is 5.88 Å². The van der Waals surface area contributed by atoms with Crippen molar-refractivity contribution >= 4 is 33.2 Å². The monoisotopic (exact) mass is 531 g/mol. The molecule has 1 atom stereocenters. The molecule has 2 aromatic heterocycles. The van der Waals surface area contributed by atoms with Crippen LogP contribution in [-0.4, -0.2) is 39.1 Å². The molecular weight excluding hydrogens is 494 g/mol. The molecule has 0 radical (unpaired) electrons. The second kappa shape index (κ2) is 13.9. The molecule has 1 fully saturated rings. The van der Waals surface area contributed by atoms with Crippen molar-refractivity contribution in [1.29, 1.82) is 5.41 Å². The van der Waals surface area contributed by atoms with E-state index in [9.17, 15) is 4.79 Å². The Morgan fingerprint density at radius 1 is 1.21 bits per heavy atom. The molecule has 0 spiro atoms. The Bertz CT molecular complexity index is 1390. The van der Waals surface area contributed by atoms with Gasteiger partial charge in [-0.25, -0.2) is 0 Å². The zero-order chi connectivity index (χ0) is 27.7. The third kappa shape index (κ3) is 6.48. The van der Waals surface area contributed by atoms with Crippen molar-refractivity contribution in [3.05, 3.63) is 100 Å². The molecule has 0 saturated carbocycles. The molecular formula is C31H37N3O3S. The Morgan fingerprint density at radius 2 is 1.89 bits per heavy atom. The maximum Gasteiger partial charge on any atom is 0.204 e. The van der Waals surface area contributed by atoms with Crippen LogP contribution in [0.1, 0.15) is 25.8 Å². The van der Waals surface area contributed by atoms with Crippen molar-refractivity contribution < 1.29 is 9.15 Å². The van der Waals surface area contributed by atoms with Crippen LogP contribution in [0.25, 0.3) is 21.4 Å². The lowest BCUT2D eigenvalue weighted by molar-refractivity contribution is 0.121. The van der Waals surface area contributed by atoms with Gasteiger partial charge in [-0.05, 0) is 24.1 Å². The van der Waals surface area contributed by atoms with Gasteiger partial charge in [-0.3, -0.25) is 10.2 Å². The van der Waals surface area contributed by atoms with Gasteiger partial charge < -0.3 is 19.8 Å². The van der Waals surface area contributed by atoms with E-state index in [2.05, 4.69) is 43.7 Å². The number of thiophene rings is 1. The van der Waals surface area contributed by atoms with Gasteiger partial charge in [0.1, 0.15) is 4.70 Å². The maximum atomic E-state index is 12.8. The van der Waals surface area contributed by atoms with Gasteiger partial charge >= 0.3 is 0 Å². The number of ether oxygens (including phenoxy) is 1. The van der Waals surface area contributed by atoms with Crippen molar-refractivity contribution in [3.8, 4) is 11.1 Å². The molecule has 3 N–H and O–H groups in total. The minimum atomic E-state index is -0.0295. The number of anilines is 1. The fraction of sp³-hybridized carbons (Fsp3) is 0.290. The first-order valence-corrected chi connectivity index (χ1v) is 13.7. The molecule has 4 rings (SSSR count). The SMILES string of the molecule is C=C/C=C(C=C)\C(=C/C(C)CC)C(=N)c1ccc(-c2csc3c(=O)cc(N4CCOCC4)oc23)cc1.CN. The fourth-order valence-corrected chi connectivity index (χ4v) is 5.07. The summed E-state index contributed by atoms with van der Waals surface area (Å²) in [6.45, 7) is 14.7. The summed E-state index contributed by atoms with van der Waals surface area (Å²) in [5, 5.41) is 10.9. The van der Waals surface area contributed by atoms with Crippen LogP contribution >= 0.6 is 11.3 Å². The number of rotatable bonds is 9. The van der Waals surface area contributed by atoms with Crippen LogP contribution in [0.15, 0.2) is 93.5 Å². The first-order chi connectivity index (χ1) is 18.5. The first-order valence-electron chi connectivity index (χ1n) is 12.8. The topological polar surface area (TPSA) is 92.5 Å². The van der Waals surface area contributed by atoms with E-state index < -0.39 is 0 Å². The van der Waals surface area contributed by atoms with Gasteiger partial charge in [-0.2, -0.15) is 0 Å². The second-order valence-electron chi connectivity index (χ2n) is 8.84. The molecule has 1 unspecified atom stereocenters. The minimum Gasteiger partial charge on any atom is -0.439 e. The number of nitrogens with two attached hydrogens (primary N) is 1. The van der Waals surface area contributed by atoms with Gasteiger partial charge in [-0.1, -0.05) is 82.0 Å². The number of allylic oxidation sites excluding steroid dienone is 6. The zero-order valence-electron chi connectivity index (χ0n) is 22.5. The summed E-state index contributed by atoms with van der Waals surface area (Å²) in [5.41, 5.74) is 9.86. The van der Waals surface area contributed by atoms with Crippen molar-refractivity contribution in [2.24, 2.45) is 11.7 Å². The molecule has 1 saturated heterocycles. The summed E-state index contributed by atoms with van der Waals surface area (Å²) in [5.74, 6) is 0.910. The fourth-order valence-electron chi connectivity index (χ4n) is 4.16. The number of hydrogen-bond donors (Lipinski definition) is 2. The number of fused-ring (bicyclic) bond motifs is 1. The first kappa shape index (κ1) is 29.0. The Balaban J connectivity index is 0.00000195. The summed E-state index contributed by atoms with van der Waals surface area (Å²) in [7, 11) is 1.50. The number of nitrogens with zero attached hydrogens (tertiary/aromatic N) is 1. The highest BCUT2D eigenvalue weighted by molar-refractivity contribution is 7.17. The van der Waals surface area contributed by atoms with E-state index in [1.165, 1.54) is 18.4 Å². The lowest BCUT2D eigenvalue weighted by atomic mass is 9.91. The Hall–Kier alpha value is -3.52. The van der Waals surface area contributed by atoms with Crippen LogP contribution < -0.4 is 16.1 Å². The third-order valence-corrected chi connectivity index (χ3v) is 7.41. The molecule has 0 bridgehead atoms. The largest absolute Gasteiger partial charge is 0.439 e. The van der Waals surface area contributed by atoms with Gasteiger partial charge in [0.05, 0.1) is 18.9 Å². The number of nitrogens with one attached hydrogen (secondary N) is 1. The highest BCUT2D eigenvalue weighted by Gasteiger charge is 2.19. The number of hydrogen-bond acceptors (Lipinski definition) is 7. The molecule has 7 heteroatoms. The van der Waals surface area contributed by atoms with Gasteiger partial charge in [0.15, 0.2) is 11.5 Å². The second-order valence-corrected chi connectivity index (χ2v) is 9.72. The van der Waals surface area contributed by atoms with E-state index in [1.807, 2.05) is 35.7 Å². The smallest absolute Gasteiger partial charge is 0.204 e. The summed E-state index contributed by atoms with van der Waals surface area (Å²) >= 11 is 1.40. The van der Waals surface area contributed by atoms with Crippen molar-refractivity contribution in [3.63, 3.8) is 0 Å². The summed E-state index contributed by atoms with van der Waals surface area (Å²) in [6, 6.07) is 9.45. The summed E-state index contributed by atoms with van der Waals surface area (Å²) in [6.07, 6.45) is 8.48. The molecule has 3 aromatic rings. The van der Waals surface area contributed by atoms with Crippen LogP contribution in [-0.2, 0) is 4.74 Å². The predicted molar refractivity (Wildman–Crippen MR) is 162 cm³/mol. The Labute approximate surface area is 228 Å². The molecule has 1 aromatic carbocycles. The summed E-state index contributed by atoms with van der Waals surface area (Å²) < 4.78 is 12.3. The number of morpholine rings is 1. The average Bonchev–Trinajstić information content (AvgIpc) is 3.40. The average molecular weight is 532 g/mol. The van der Waals surface area contributed by atoms with Crippen molar-refractivity contribution in [2.45, 2.75) is 20.3 Å². The van der Waals surface area contributed by atoms with Gasteiger partial charge in [0.25, 0.3) is 0 Å². The third-order valence-electron chi connectivity index (χ3n) is 6.43. The van der Waals surface area contributed by atoms with E-state index in [0.29, 0.717) is 54.1 Å². The lowest BCUT2D eigenvalue weighted by Gasteiger charge is -2.27. The van der Waals surface area contributed by atoms with Gasteiger partial charge in [-0.15, -0.1) is 11.3 Å².